The molecule has 22 heavy (non-hydrogen) atoms. The Morgan fingerprint density at radius 3 is 3.09 bits per heavy atom. The van der Waals surface area contributed by atoms with Crippen molar-refractivity contribution in [1.29, 1.82) is 0 Å². The molecule has 0 saturated heterocycles. The van der Waals surface area contributed by atoms with Crippen molar-refractivity contribution in [3.05, 3.63) is 47.9 Å². The number of benzene rings is 1. The highest BCUT2D eigenvalue weighted by Crippen LogP contribution is 2.30. The summed E-state index contributed by atoms with van der Waals surface area (Å²) in [4.78, 5) is 12.2. The number of hydrogen-bond donors (Lipinski definition) is 1. The number of ether oxygens (including phenoxy) is 2. The number of hydrogen-bond acceptors (Lipinski definition) is 4. The zero-order chi connectivity index (χ0) is 15.4. The highest BCUT2D eigenvalue weighted by atomic mass is 16.5. The number of carbonyl (C=O) groups is 1. The van der Waals surface area contributed by atoms with Gasteiger partial charge < -0.3 is 19.2 Å². The maximum absolute atomic E-state index is 12.2. The lowest BCUT2D eigenvalue weighted by Crippen LogP contribution is -2.38. The first-order valence-electron chi connectivity index (χ1n) is 7.36. The predicted molar refractivity (Wildman–Crippen MR) is 81.1 cm³/mol. The Hall–Kier alpha value is -2.43. The molecule has 0 radical (unpaired) electrons. The van der Waals surface area contributed by atoms with E-state index in [1.165, 1.54) is 0 Å². The average Bonchev–Trinajstić information content (AvgIpc) is 3.07. The maximum atomic E-state index is 12.2. The van der Waals surface area contributed by atoms with E-state index in [0.29, 0.717) is 26.0 Å². The van der Waals surface area contributed by atoms with Gasteiger partial charge in [-0.15, -0.1) is 0 Å². The third-order valence-corrected chi connectivity index (χ3v) is 3.80. The number of amides is 1. The fourth-order valence-corrected chi connectivity index (χ4v) is 2.57. The van der Waals surface area contributed by atoms with Gasteiger partial charge in [-0.1, -0.05) is 0 Å². The van der Waals surface area contributed by atoms with E-state index < -0.39 is 0 Å². The summed E-state index contributed by atoms with van der Waals surface area (Å²) in [7, 11) is 1.63. The van der Waals surface area contributed by atoms with Crippen LogP contribution in [0.1, 0.15) is 11.3 Å². The minimum atomic E-state index is -0.170. The van der Waals surface area contributed by atoms with Gasteiger partial charge in [0.05, 0.1) is 19.3 Å². The molecule has 2 heterocycles. The maximum Gasteiger partial charge on any atom is 0.226 e. The molecule has 0 bridgehead atoms. The van der Waals surface area contributed by atoms with E-state index in [-0.39, 0.29) is 11.8 Å². The van der Waals surface area contributed by atoms with Crippen molar-refractivity contribution in [2.45, 2.75) is 12.8 Å². The van der Waals surface area contributed by atoms with E-state index >= 15 is 0 Å². The lowest BCUT2D eigenvalue weighted by Gasteiger charge is -2.25. The van der Waals surface area contributed by atoms with Gasteiger partial charge in [0.1, 0.15) is 23.9 Å². The van der Waals surface area contributed by atoms with Crippen molar-refractivity contribution < 1.29 is 18.7 Å². The topological polar surface area (TPSA) is 60.7 Å². The molecule has 1 N–H and O–H groups in total. The van der Waals surface area contributed by atoms with Gasteiger partial charge in [0.25, 0.3) is 0 Å². The average molecular weight is 301 g/mol. The summed E-state index contributed by atoms with van der Waals surface area (Å²) in [5.74, 6) is 2.33. The van der Waals surface area contributed by atoms with E-state index in [0.717, 1.165) is 22.8 Å². The van der Waals surface area contributed by atoms with Gasteiger partial charge in [-0.2, -0.15) is 0 Å². The summed E-state index contributed by atoms with van der Waals surface area (Å²) >= 11 is 0. The molecule has 1 aliphatic rings. The summed E-state index contributed by atoms with van der Waals surface area (Å²) in [5, 5.41) is 2.94. The molecule has 1 atom stereocenters. The number of nitrogens with one attached hydrogen (secondary N) is 1. The highest BCUT2D eigenvalue weighted by molar-refractivity contribution is 5.79. The van der Waals surface area contributed by atoms with Crippen LogP contribution in [0.2, 0.25) is 0 Å². The van der Waals surface area contributed by atoms with Crippen LogP contribution in [0, 0.1) is 5.92 Å². The fourth-order valence-electron chi connectivity index (χ4n) is 2.57. The lowest BCUT2D eigenvalue weighted by molar-refractivity contribution is -0.126. The van der Waals surface area contributed by atoms with Gasteiger partial charge in [-0.25, -0.2) is 0 Å². The Labute approximate surface area is 129 Å². The number of fused-ring (bicyclic) bond motifs is 1. The highest BCUT2D eigenvalue weighted by Gasteiger charge is 2.26. The number of furan rings is 1. The number of rotatable bonds is 5. The third kappa shape index (κ3) is 3.24. The minimum Gasteiger partial charge on any atom is -0.497 e. The monoisotopic (exact) mass is 301 g/mol. The van der Waals surface area contributed by atoms with E-state index in [9.17, 15) is 4.79 Å². The van der Waals surface area contributed by atoms with Crippen LogP contribution in [0.15, 0.2) is 41.0 Å². The smallest absolute Gasteiger partial charge is 0.226 e. The summed E-state index contributed by atoms with van der Waals surface area (Å²) in [6, 6.07) is 9.42. The summed E-state index contributed by atoms with van der Waals surface area (Å²) in [5.41, 5.74) is 1.01. The van der Waals surface area contributed by atoms with Crippen molar-refractivity contribution in [3.63, 3.8) is 0 Å². The van der Waals surface area contributed by atoms with Gasteiger partial charge in [-0.3, -0.25) is 4.79 Å². The predicted octanol–water partition coefficient (Wildman–Crippen LogP) is 2.20. The Morgan fingerprint density at radius 1 is 1.41 bits per heavy atom. The van der Waals surface area contributed by atoms with Gasteiger partial charge in [0, 0.05) is 13.0 Å². The van der Waals surface area contributed by atoms with Gasteiger partial charge in [0.15, 0.2) is 0 Å². The lowest BCUT2D eigenvalue weighted by atomic mass is 9.96. The Bertz CT molecular complexity index is 636. The zero-order valence-electron chi connectivity index (χ0n) is 12.5. The van der Waals surface area contributed by atoms with E-state index in [1.807, 2.05) is 30.3 Å². The molecule has 0 fully saturated rings. The van der Waals surface area contributed by atoms with Crippen LogP contribution >= 0.6 is 0 Å². The molecule has 0 aliphatic carbocycles. The van der Waals surface area contributed by atoms with E-state index in [1.54, 1.807) is 13.4 Å². The number of methoxy groups -OCH3 is 1. The molecular formula is C17H19NO4. The molecule has 1 amide bonds. The third-order valence-electron chi connectivity index (χ3n) is 3.80. The molecule has 2 aromatic rings. The van der Waals surface area contributed by atoms with Crippen molar-refractivity contribution in [2.24, 2.45) is 5.92 Å². The molecule has 5 heteroatoms. The summed E-state index contributed by atoms with van der Waals surface area (Å²) in [6.45, 7) is 0.972. The molecule has 3 rings (SSSR count). The van der Waals surface area contributed by atoms with Crippen molar-refractivity contribution in [3.8, 4) is 11.5 Å². The fraction of sp³-hybridized carbons (Fsp3) is 0.353. The minimum absolute atomic E-state index is 0.0139. The Morgan fingerprint density at radius 2 is 2.32 bits per heavy atom. The molecule has 1 unspecified atom stereocenters. The largest absolute Gasteiger partial charge is 0.497 e. The van der Waals surface area contributed by atoms with Crippen LogP contribution in [0.5, 0.6) is 11.5 Å². The number of carbonyl (C=O) groups excluding carboxylic acids is 1. The van der Waals surface area contributed by atoms with E-state index in [2.05, 4.69) is 5.32 Å². The second kappa shape index (κ2) is 6.56. The Balaban J connectivity index is 1.55. The molecular weight excluding hydrogens is 282 g/mol. The second-order valence-electron chi connectivity index (χ2n) is 5.31. The van der Waals surface area contributed by atoms with Gasteiger partial charge in [-0.05, 0) is 42.3 Å². The Kier molecular flexibility index (Phi) is 4.32. The molecule has 1 aliphatic heterocycles. The quantitative estimate of drug-likeness (QED) is 0.919. The first kappa shape index (κ1) is 14.5. The normalized spacial score (nSPS) is 16.5. The van der Waals surface area contributed by atoms with Crippen molar-refractivity contribution in [1.82, 2.24) is 5.32 Å². The molecule has 1 aromatic carbocycles. The van der Waals surface area contributed by atoms with E-state index in [4.69, 9.17) is 13.9 Å². The zero-order valence-corrected chi connectivity index (χ0v) is 12.5. The van der Waals surface area contributed by atoms with Crippen LogP contribution in [-0.2, 0) is 17.6 Å². The van der Waals surface area contributed by atoms with Crippen molar-refractivity contribution >= 4 is 5.91 Å². The standard InChI is InChI=1S/C17H19NO4/c1-20-15-4-5-16-12(10-15)9-13(11-22-16)17(19)18-7-6-14-3-2-8-21-14/h2-5,8,10,13H,6-7,9,11H2,1H3,(H,18,19). The molecule has 116 valence electrons. The summed E-state index contributed by atoms with van der Waals surface area (Å²) < 4.78 is 16.1. The van der Waals surface area contributed by atoms with Crippen LogP contribution in [-0.4, -0.2) is 26.2 Å². The van der Waals surface area contributed by atoms with Crippen LogP contribution in [0.4, 0.5) is 0 Å². The SMILES string of the molecule is COc1ccc2c(c1)CC(C(=O)NCCc1ccco1)CO2. The van der Waals surface area contributed by atoms with Crippen LogP contribution in [0.25, 0.3) is 0 Å². The van der Waals surface area contributed by atoms with Crippen LogP contribution < -0.4 is 14.8 Å². The van der Waals surface area contributed by atoms with Gasteiger partial charge in [0.2, 0.25) is 5.91 Å². The first-order chi connectivity index (χ1) is 10.8. The first-order valence-corrected chi connectivity index (χ1v) is 7.36. The molecule has 1 aromatic heterocycles. The molecule has 0 saturated carbocycles. The van der Waals surface area contributed by atoms with Gasteiger partial charge >= 0.3 is 0 Å². The molecule has 0 spiro atoms. The van der Waals surface area contributed by atoms with Crippen molar-refractivity contribution in [2.75, 3.05) is 20.3 Å². The van der Waals surface area contributed by atoms with Crippen LogP contribution in [0.3, 0.4) is 0 Å². The summed E-state index contributed by atoms with van der Waals surface area (Å²) in [6.07, 6.45) is 2.99. The second-order valence-corrected chi connectivity index (χ2v) is 5.31. The molecule has 5 nitrogen and oxygen atoms in total.